The van der Waals surface area contributed by atoms with Gasteiger partial charge in [0, 0.05) is 31.2 Å². The van der Waals surface area contributed by atoms with Gasteiger partial charge in [-0.25, -0.2) is 0 Å². The molecule has 5 nitrogen and oxygen atoms in total. The molecule has 1 aliphatic rings. The molecule has 1 aromatic carbocycles. The third-order valence-electron chi connectivity index (χ3n) is 4.98. The summed E-state index contributed by atoms with van der Waals surface area (Å²) < 4.78 is 0. The Labute approximate surface area is 137 Å². The molecule has 0 aromatic heterocycles. The van der Waals surface area contributed by atoms with Crippen LogP contribution in [0.5, 0.6) is 0 Å². The predicted octanol–water partition coefficient (Wildman–Crippen LogP) is 2.66. The SMILES string of the molecule is CCC(CC)(CC(=O)NC1CCN(c2ccccc2)C1)C(=O)O. The molecule has 0 radical (unpaired) electrons. The molecule has 0 aliphatic carbocycles. The summed E-state index contributed by atoms with van der Waals surface area (Å²) in [6.45, 7) is 5.34. The monoisotopic (exact) mass is 318 g/mol. The van der Waals surface area contributed by atoms with Gasteiger partial charge in [0.05, 0.1) is 5.41 Å². The van der Waals surface area contributed by atoms with Crippen molar-refractivity contribution < 1.29 is 14.7 Å². The summed E-state index contributed by atoms with van der Waals surface area (Å²) in [5.74, 6) is -1.04. The van der Waals surface area contributed by atoms with Gasteiger partial charge in [0.25, 0.3) is 0 Å². The Hall–Kier alpha value is -2.04. The third-order valence-corrected chi connectivity index (χ3v) is 4.98. The Balaban J connectivity index is 1.90. The Morgan fingerprint density at radius 2 is 1.91 bits per heavy atom. The second-order valence-corrected chi connectivity index (χ2v) is 6.30. The molecule has 1 aromatic rings. The molecule has 1 saturated heterocycles. The molecule has 1 unspecified atom stereocenters. The Morgan fingerprint density at radius 3 is 2.48 bits per heavy atom. The fourth-order valence-electron chi connectivity index (χ4n) is 3.22. The average Bonchev–Trinajstić information content (AvgIpc) is 3.01. The number of benzene rings is 1. The van der Waals surface area contributed by atoms with E-state index in [-0.39, 0.29) is 18.4 Å². The maximum atomic E-state index is 12.3. The zero-order chi connectivity index (χ0) is 16.9. The first-order chi connectivity index (χ1) is 11.0. The number of aliphatic carboxylic acids is 1. The number of amides is 1. The van der Waals surface area contributed by atoms with Gasteiger partial charge in [-0.3, -0.25) is 9.59 Å². The van der Waals surface area contributed by atoms with E-state index in [9.17, 15) is 14.7 Å². The van der Waals surface area contributed by atoms with Crippen LogP contribution in [0, 0.1) is 5.41 Å². The Bertz CT molecular complexity index is 540. The Morgan fingerprint density at radius 1 is 1.26 bits per heavy atom. The highest BCUT2D eigenvalue weighted by Crippen LogP contribution is 2.31. The lowest BCUT2D eigenvalue weighted by Crippen LogP contribution is -2.42. The summed E-state index contributed by atoms with van der Waals surface area (Å²) in [7, 11) is 0. The number of rotatable bonds is 7. The zero-order valence-electron chi connectivity index (χ0n) is 13.9. The van der Waals surface area contributed by atoms with Crippen LogP contribution >= 0.6 is 0 Å². The zero-order valence-corrected chi connectivity index (χ0v) is 13.9. The number of carbonyl (C=O) groups excluding carboxylic acids is 1. The predicted molar refractivity (Wildman–Crippen MR) is 90.5 cm³/mol. The molecular weight excluding hydrogens is 292 g/mol. The van der Waals surface area contributed by atoms with E-state index in [0.29, 0.717) is 12.8 Å². The number of nitrogens with zero attached hydrogens (tertiary/aromatic N) is 1. The molecule has 0 spiro atoms. The summed E-state index contributed by atoms with van der Waals surface area (Å²) in [4.78, 5) is 26.0. The number of hydrogen-bond donors (Lipinski definition) is 2. The van der Waals surface area contributed by atoms with Gasteiger partial charge in [-0.2, -0.15) is 0 Å². The van der Waals surface area contributed by atoms with Crippen LogP contribution in [0.1, 0.15) is 39.5 Å². The Kier molecular flexibility index (Phi) is 5.64. The second kappa shape index (κ2) is 7.49. The van der Waals surface area contributed by atoms with Crippen LogP contribution < -0.4 is 10.2 Å². The minimum Gasteiger partial charge on any atom is -0.481 e. The van der Waals surface area contributed by atoms with Crippen molar-refractivity contribution >= 4 is 17.6 Å². The van der Waals surface area contributed by atoms with E-state index in [1.807, 2.05) is 32.0 Å². The van der Waals surface area contributed by atoms with E-state index in [1.165, 1.54) is 0 Å². The van der Waals surface area contributed by atoms with Gasteiger partial charge < -0.3 is 15.3 Å². The van der Waals surface area contributed by atoms with E-state index in [0.717, 1.165) is 25.2 Å². The fraction of sp³-hybridized carbons (Fsp3) is 0.556. The largest absolute Gasteiger partial charge is 0.481 e. The number of nitrogens with one attached hydrogen (secondary N) is 1. The summed E-state index contributed by atoms with van der Waals surface area (Å²) in [5, 5.41) is 12.4. The molecule has 1 amide bonds. The van der Waals surface area contributed by atoms with E-state index >= 15 is 0 Å². The van der Waals surface area contributed by atoms with E-state index < -0.39 is 11.4 Å². The lowest BCUT2D eigenvalue weighted by Gasteiger charge is -2.26. The number of carbonyl (C=O) groups is 2. The molecule has 2 N–H and O–H groups in total. The molecule has 126 valence electrons. The maximum Gasteiger partial charge on any atom is 0.310 e. The van der Waals surface area contributed by atoms with Crippen molar-refractivity contribution in [2.24, 2.45) is 5.41 Å². The van der Waals surface area contributed by atoms with Crippen molar-refractivity contribution in [3.8, 4) is 0 Å². The van der Waals surface area contributed by atoms with Gasteiger partial charge in [-0.1, -0.05) is 32.0 Å². The maximum absolute atomic E-state index is 12.3. The summed E-state index contributed by atoms with van der Waals surface area (Å²) in [6, 6.07) is 10.2. The summed E-state index contributed by atoms with van der Waals surface area (Å²) in [5.41, 5.74) is 0.216. The average molecular weight is 318 g/mol. The van der Waals surface area contributed by atoms with Gasteiger partial charge in [-0.05, 0) is 31.4 Å². The molecule has 1 fully saturated rings. The molecule has 0 saturated carbocycles. The van der Waals surface area contributed by atoms with Crippen molar-refractivity contribution in [1.82, 2.24) is 5.32 Å². The summed E-state index contributed by atoms with van der Waals surface area (Å²) >= 11 is 0. The molecule has 23 heavy (non-hydrogen) atoms. The van der Waals surface area contributed by atoms with Gasteiger partial charge in [0.1, 0.15) is 0 Å². The van der Waals surface area contributed by atoms with Crippen LogP contribution in [0.15, 0.2) is 30.3 Å². The topological polar surface area (TPSA) is 69.6 Å². The van der Waals surface area contributed by atoms with Crippen molar-refractivity contribution in [2.75, 3.05) is 18.0 Å². The van der Waals surface area contributed by atoms with Gasteiger partial charge in [-0.15, -0.1) is 0 Å². The van der Waals surface area contributed by atoms with Crippen LogP contribution in [-0.4, -0.2) is 36.1 Å². The minimum atomic E-state index is -0.943. The standard InChI is InChI=1S/C18H26N2O3/c1-3-18(4-2,17(22)23)12-16(21)19-14-10-11-20(13-14)15-8-6-5-7-9-15/h5-9,14H,3-4,10-13H2,1-2H3,(H,19,21)(H,22,23). The highest BCUT2D eigenvalue weighted by molar-refractivity contribution is 5.85. The van der Waals surface area contributed by atoms with Crippen molar-refractivity contribution in [3.63, 3.8) is 0 Å². The first-order valence-electron chi connectivity index (χ1n) is 8.33. The lowest BCUT2D eigenvalue weighted by molar-refractivity contribution is -0.152. The first-order valence-corrected chi connectivity index (χ1v) is 8.33. The smallest absolute Gasteiger partial charge is 0.310 e. The fourth-order valence-corrected chi connectivity index (χ4v) is 3.22. The lowest BCUT2D eigenvalue weighted by atomic mass is 9.79. The molecule has 2 rings (SSSR count). The highest BCUT2D eigenvalue weighted by atomic mass is 16.4. The third kappa shape index (κ3) is 4.03. The quantitative estimate of drug-likeness (QED) is 0.811. The normalized spacial score (nSPS) is 18.0. The van der Waals surface area contributed by atoms with Crippen molar-refractivity contribution in [3.05, 3.63) is 30.3 Å². The second-order valence-electron chi connectivity index (χ2n) is 6.30. The van der Waals surface area contributed by atoms with Crippen LogP contribution in [-0.2, 0) is 9.59 Å². The van der Waals surface area contributed by atoms with Crippen LogP contribution in [0.25, 0.3) is 0 Å². The van der Waals surface area contributed by atoms with Gasteiger partial charge in [0.2, 0.25) is 5.91 Å². The van der Waals surface area contributed by atoms with Crippen molar-refractivity contribution in [1.29, 1.82) is 0 Å². The van der Waals surface area contributed by atoms with Crippen LogP contribution in [0.4, 0.5) is 5.69 Å². The van der Waals surface area contributed by atoms with Crippen LogP contribution in [0.3, 0.4) is 0 Å². The number of carboxylic acid groups (broad SMARTS) is 1. The first kappa shape index (κ1) is 17.3. The molecule has 1 atom stereocenters. The van der Waals surface area contributed by atoms with Crippen molar-refractivity contribution in [2.45, 2.75) is 45.6 Å². The number of para-hydroxylation sites is 1. The molecule has 1 heterocycles. The van der Waals surface area contributed by atoms with E-state index in [1.54, 1.807) is 0 Å². The molecular formula is C18H26N2O3. The number of hydrogen-bond acceptors (Lipinski definition) is 3. The minimum absolute atomic E-state index is 0.0527. The van der Waals surface area contributed by atoms with Gasteiger partial charge in [0.15, 0.2) is 0 Å². The molecule has 5 heteroatoms. The number of carboxylic acids is 1. The van der Waals surface area contributed by atoms with E-state index in [4.69, 9.17) is 0 Å². The van der Waals surface area contributed by atoms with E-state index in [2.05, 4.69) is 22.3 Å². The molecule has 0 bridgehead atoms. The summed E-state index contributed by atoms with van der Waals surface area (Å²) in [6.07, 6.45) is 1.87. The molecule has 1 aliphatic heterocycles. The number of anilines is 1. The van der Waals surface area contributed by atoms with Crippen LogP contribution in [0.2, 0.25) is 0 Å². The highest BCUT2D eigenvalue weighted by Gasteiger charge is 2.37. The van der Waals surface area contributed by atoms with Gasteiger partial charge >= 0.3 is 5.97 Å².